The number of aromatic nitrogens is 1. The van der Waals surface area contributed by atoms with Crippen molar-refractivity contribution in [3.05, 3.63) is 34.9 Å². The molecule has 1 heterocycles. The first-order chi connectivity index (χ1) is 4.33. The van der Waals surface area contributed by atoms with Crippen molar-refractivity contribution >= 4 is 15.9 Å². The highest BCUT2D eigenvalue weighted by atomic mass is 79.9. The molecule has 0 amide bonds. The lowest BCUT2D eigenvalue weighted by atomic mass is 10.2. The van der Waals surface area contributed by atoms with E-state index in [4.69, 9.17) is 0 Å². The maximum atomic E-state index is 4.04. The number of hydrogen-bond donors (Lipinski definition) is 0. The van der Waals surface area contributed by atoms with Crippen molar-refractivity contribution in [2.75, 3.05) is 0 Å². The SMILES string of the molecule is C[CH]c1ccc(Br)nc1. The number of hydrogen-bond acceptors (Lipinski definition) is 1. The second-order valence-corrected chi connectivity index (χ2v) is 2.52. The number of pyridine rings is 1. The van der Waals surface area contributed by atoms with Gasteiger partial charge in [-0.3, -0.25) is 0 Å². The van der Waals surface area contributed by atoms with Crippen molar-refractivity contribution < 1.29 is 0 Å². The Morgan fingerprint density at radius 3 is 2.78 bits per heavy atom. The van der Waals surface area contributed by atoms with E-state index in [1.165, 1.54) is 0 Å². The first kappa shape index (κ1) is 6.75. The maximum Gasteiger partial charge on any atom is 0.106 e. The van der Waals surface area contributed by atoms with Crippen molar-refractivity contribution in [2.24, 2.45) is 0 Å². The van der Waals surface area contributed by atoms with Crippen molar-refractivity contribution in [3.63, 3.8) is 0 Å². The first-order valence-electron chi connectivity index (χ1n) is 2.74. The van der Waals surface area contributed by atoms with Gasteiger partial charge in [0, 0.05) is 6.20 Å². The quantitative estimate of drug-likeness (QED) is 0.612. The molecule has 1 rings (SSSR count). The van der Waals surface area contributed by atoms with Gasteiger partial charge in [-0.1, -0.05) is 13.0 Å². The minimum atomic E-state index is 0.883. The van der Waals surface area contributed by atoms with E-state index in [0.29, 0.717) is 0 Å². The lowest BCUT2D eigenvalue weighted by Gasteiger charge is -1.92. The summed E-state index contributed by atoms with van der Waals surface area (Å²) in [7, 11) is 0. The summed E-state index contributed by atoms with van der Waals surface area (Å²) >= 11 is 3.25. The molecule has 0 fully saturated rings. The Labute approximate surface area is 63.2 Å². The molecule has 0 N–H and O–H groups in total. The Bertz CT molecular complexity index is 181. The molecular formula is C7H7BrN. The highest BCUT2D eigenvalue weighted by Crippen LogP contribution is 2.06. The van der Waals surface area contributed by atoms with E-state index in [0.717, 1.165) is 10.2 Å². The van der Waals surface area contributed by atoms with Gasteiger partial charge in [0.05, 0.1) is 0 Å². The number of nitrogens with zero attached hydrogens (tertiary/aromatic N) is 1. The normalized spacial score (nSPS) is 9.56. The maximum absolute atomic E-state index is 4.04. The smallest absolute Gasteiger partial charge is 0.106 e. The summed E-state index contributed by atoms with van der Waals surface area (Å²) in [5.41, 5.74) is 1.15. The van der Waals surface area contributed by atoms with Crippen LogP contribution in [-0.2, 0) is 0 Å². The van der Waals surface area contributed by atoms with Crippen LogP contribution < -0.4 is 0 Å². The standard InChI is InChI=1S/C7H7BrN/c1-2-6-3-4-7(8)9-5-6/h2-5H,1H3. The summed E-state index contributed by atoms with van der Waals surface area (Å²) in [6, 6.07) is 3.94. The number of rotatable bonds is 1. The zero-order chi connectivity index (χ0) is 6.69. The molecule has 1 radical (unpaired) electrons. The molecule has 0 unspecified atom stereocenters. The molecule has 2 heteroatoms. The van der Waals surface area contributed by atoms with Gasteiger partial charge >= 0.3 is 0 Å². The van der Waals surface area contributed by atoms with E-state index >= 15 is 0 Å². The average molecular weight is 185 g/mol. The predicted molar refractivity (Wildman–Crippen MR) is 41.0 cm³/mol. The molecular weight excluding hydrogens is 178 g/mol. The monoisotopic (exact) mass is 184 g/mol. The summed E-state index contributed by atoms with van der Waals surface area (Å²) in [5, 5.41) is 0. The predicted octanol–water partition coefficient (Wildman–Crippen LogP) is 2.42. The second-order valence-electron chi connectivity index (χ2n) is 1.70. The van der Waals surface area contributed by atoms with Gasteiger partial charge in [0.2, 0.25) is 0 Å². The fourth-order valence-corrected chi connectivity index (χ4v) is 0.793. The Morgan fingerprint density at radius 1 is 1.56 bits per heavy atom. The van der Waals surface area contributed by atoms with Gasteiger partial charge in [-0.2, -0.15) is 0 Å². The minimum Gasteiger partial charge on any atom is -0.249 e. The molecule has 0 atom stereocenters. The third-order valence-electron chi connectivity index (χ3n) is 1.08. The van der Waals surface area contributed by atoms with Gasteiger partial charge in [-0.25, -0.2) is 4.98 Å². The Hall–Kier alpha value is -0.370. The fraction of sp³-hybridized carbons (Fsp3) is 0.143. The molecule has 0 bridgehead atoms. The average Bonchev–Trinajstić information content (AvgIpc) is 1.90. The van der Waals surface area contributed by atoms with Crippen LogP contribution in [-0.4, -0.2) is 4.98 Å². The van der Waals surface area contributed by atoms with Crippen LogP contribution in [0.4, 0.5) is 0 Å². The Morgan fingerprint density at radius 2 is 2.33 bits per heavy atom. The highest BCUT2D eigenvalue weighted by Gasteiger charge is 1.87. The molecule has 0 spiro atoms. The van der Waals surface area contributed by atoms with E-state index in [1.54, 1.807) is 0 Å². The molecule has 0 saturated carbocycles. The van der Waals surface area contributed by atoms with Gasteiger partial charge in [0.1, 0.15) is 4.60 Å². The van der Waals surface area contributed by atoms with Crippen LogP contribution in [0.25, 0.3) is 0 Å². The zero-order valence-electron chi connectivity index (χ0n) is 5.13. The molecule has 1 nitrogen and oxygen atoms in total. The highest BCUT2D eigenvalue weighted by molar-refractivity contribution is 9.10. The van der Waals surface area contributed by atoms with Crippen LogP contribution in [0.15, 0.2) is 22.9 Å². The summed E-state index contributed by atoms with van der Waals surface area (Å²) in [4.78, 5) is 4.04. The lowest BCUT2D eigenvalue weighted by molar-refractivity contribution is 1.23. The Balaban J connectivity index is 2.88. The molecule has 0 aliphatic carbocycles. The third-order valence-corrected chi connectivity index (χ3v) is 1.55. The van der Waals surface area contributed by atoms with Crippen LogP contribution in [0.2, 0.25) is 0 Å². The fourth-order valence-electron chi connectivity index (χ4n) is 0.558. The number of halogens is 1. The van der Waals surface area contributed by atoms with Crippen LogP contribution in [0.5, 0.6) is 0 Å². The van der Waals surface area contributed by atoms with Gasteiger partial charge in [-0.15, -0.1) is 0 Å². The van der Waals surface area contributed by atoms with E-state index in [9.17, 15) is 0 Å². The van der Waals surface area contributed by atoms with Crippen LogP contribution >= 0.6 is 15.9 Å². The van der Waals surface area contributed by atoms with Crippen molar-refractivity contribution in [3.8, 4) is 0 Å². The van der Waals surface area contributed by atoms with Gasteiger partial charge < -0.3 is 0 Å². The summed E-state index contributed by atoms with van der Waals surface area (Å²) in [6.45, 7) is 1.99. The van der Waals surface area contributed by atoms with Crippen LogP contribution in [0, 0.1) is 6.42 Å². The molecule has 0 aliphatic rings. The van der Waals surface area contributed by atoms with E-state index < -0.39 is 0 Å². The van der Waals surface area contributed by atoms with Gasteiger partial charge in [0.25, 0.3) is 0 Å². The van der Waals surface area contributed by atoms with Gasteiger partial charge in [0.15, 0.2) is 0 Å². The van der Waals surface area contributed by atoms with E-state index in [-0.39, 0.29) is 0 Å². The van der Waals surface area contributed by atoms with E-state index in [2.05, 4.69) is 20.9 Å². The van der Waals surface area contributed by atoms with Crippen LogP contribution in [0.3, 0.4) is 0 Å². The minimum absolute atomic E-state index is 0.883. The van der Waals surface area contributed by atoms with E-state index in [1.807, 2.05) is 31.7 Å². The molecule has 0 aliphatic heterocycles. The van der Waals surface area contributed by atoms with Gasteiger partial charge in [-0.05, 0) is 34.0 Å². The molecule has 9 heavy (non-hydrogen) atoms. The zero-order valence-corrected chi connectivity index (χ0v) is 6.72. The van der Waals surface area contributed by atoms with Crippen molar-refractivity contribution in [1.29, 1.82) is 0 Å². The van der Waals surface area contributed by atoms with Crippen molar-refractivity contribution in [1.82, 2.24) is 4.98 Å². The molecule has 47 valence electrons. The summed E-state index contributed by atoms with van der Waals surface area (Å²) in [6.07, 6.45) is 3.84. The molecule has 1 aromatic heterocycles. The third kappa shape index (κ3) is 1.79. The van der Waals surface area contributed by atoms with Crippen LogP contribution in [0.1, 0.15) is 12.5 Å². The molecule has 0 aromatic carbocycles. The lowest BCUT2D eigenvalue weighted by Crippen LogP contribution is -1.78. The van der Waals surface area contributed by atoms with Crippen molar-refractivity contribution in [2.45, 2.75) is 6.92 Å². The summed E-state index contributed by atoms with van der Waals surface area (Å²) < 4.78 is 0.883. The topological polar surface area (TPSA) is 12.9 Å². The molecule has 1 aromatic rings. The first-order valence-corrected chi connectivity index (χ1v) is 3.53. The second kappa shape index (κ2) is 2.97. The summed E-state index contributed by atoms with van der Waals surface area (Å²) in [5.74, 6) is 0. The largest absolute Gasteiger partial charge is 0.249 e. The Kier molecular flexibility index (Phi) is 2.22. The molecule has 0 saturated heterocycles.